The van der Waals surface area contributed by atoms with E-state index in [2.05, 4.69) is 19.2 Å². The second kappa shape index (κ2) is 6.06. The van der Waals surface area contributed by atoms with Crippen molar-refractivity contribution in [1.29, 1.82) is 0 Å². The Morgan fingerprint density at radius 1 is 1.63 bits per heavy atom. The number of hydrogen-bond acceptors (Lipinski definition) is 3. The summed E-state index contributed by atoms with van der Waals surface area (Å²) in [7, 11) is 0. The van der Waals surface area contributed by atoms with Crippen molar-refractivity contribution in [3.63, 3.8) is 0 Å². The summed E-state index contributed by atoms with van der Waals surface area (Å²) in [6.45, 7) is 4.61. The summed E-state index contributed by atoms with van der Waals surface area (Å²) in [5.41, 5.74) is 0.374. The van der Waals surface area contributed by atoms with Crippen molar-refractivity contribution in [3.05, 3.63) is 22.4 Å². The molecule has 1 aromatic rings. The molecule has 1 aromatic heterocycles. The normalized spacial score (nSPS) is 24.0. The predicted molar refractivity (Wildman–Crippen MR) is 78.5 cm³/mol. The number of hydrogen-bond donors (Lipinski definition) is 2. The van der Waals surface area contributed by atoms with Gasteiger partial charge in [-0.1, -0.05) is 26.3 Å². The van der Waals surface area contributed by atoms with Crippen molar-refractivity contribution < 1.29 is 9.90 Å². The molecular formula is C15H23NO2S. The minimum Gasteiger partial charge on any atom is -0.481 e. The topological polar surface area (TPSA) is 49.3 Å². The molecule has 19 heavy (non-hydrogen) atoms. The fourth-order valence-electron chi connectivity index (χ4n) is 3.03. The van der Waals surface area contributed by atoms with E-state index in [9.17, 15) is 4.79 Å². The Morgan fingerprint density at radius 3 is 3.00 bits per heavy atom. The van der Waals surface area contributed by atoms with Crippen LogP contribution in [-0.4, -0.2) is 17.1 Å². The van der Waals surface area contributed by atoms with Gasteiger partial charge in [-0.25, -0.2) is 0 Å². The first kappa shape index (κ1) is 14.5. The number of carbonyl (C=O) groups is 1. The first-order valence-electron chi connectivity index (χ1n) is 6.97. The highest BCUT2D eigenvalue weighted by Gasteiger charge is 2.30. The van der Waals surface area contributed by atoms with E-state index in [0.717, 1.165) is 17.7 Å². The van der Waals surface area contributed by atoms with Gasteiger partial charge in [-0.3, -0.25) is 4.79 Å². The van der Waals surface area contributed by atoms with Crippen LogP contribution in [0, 0.1) is 5.41 Å². The maximum Gasteiger partial charge on any atom is 0.305 e. The average Bonchev–Trinajstić information content (AvgIpc) is 2.79. The van der Waals surface area contributed by atoms with Crippen LogP contribution in [-0.2, 0) is 4.79 Å². The summed E-state index contributed by atoms with van der Waals surface area (Å²) in [5, 5.41) is 14.7. The van der Waals surface area contributed by atoms with E-state index >= 15 is 0 Å². The molecule has 2 unspecified atom stereocenters. The zero-order valence-corrected chi connectivity index (χ0v) is 12.5. The molecule has 3 nitrogen and oxygen atoms in total. The van der Waals surface area contributed by atoms with Gasteiger partial charge in [0.1, 0.15) is 0 Å². The van der Waals surface area contributed by atoms with Gasteiger partial charge in [0.05, 0.1) is 12.5 Å². The van der Waals surface area contributed by atoms with Crippen LogP contribution in [0.15, 0.2) is 17.5 Å². The molecule has 0 spiro atoms. The third kappa shape index (κ3) is 4.32. The van der Waals surface area contributed by atoms with Crippen LogP contribution < -0.4 is 5.32 Å². The third-order valence-corrected chi connectivity index (χ3v) is 4.89. The molecule has 0 radical (unpaired) electrons. The van der Waals surface area contributed by atoms with Gasteiger partial charge in [0.15, 0.2) is 0 Å². The van der Waals surface area contributed by atoms with Crippen molar-refractivity contribution >= 4 is 17.3 Å². The summed E-state index contributed by atoms with van der Waals surface area (Å²) in [5.74, 6) is -0.735. The fourth-order valence-corrected chi connectivity index (χ4v) is 3.82. The first-order chi connectivity index (χ1) is 8.96. The molecule has 1 fully saturated rings. The number of nitrogens with one attached hydrogen (secondary N) is 1. The minimum absolute atomic E-state index is 0.0450. The van der Waals surface area contributed by atoms with E-state index < -0.39 is 5.97 Å². The highest BCUT2D eigenvalue weighted by molar-refractivity contribution is 7.10. The molecule has 106 valence electrons. The van der Waals surface area contributed by atoms with E-state index in [1.165, 1.54) is 12.8 Å². The number of carboxylic acid groups (broad SMARTS) is 1. The van der Waals surface area contributed by atoms with Gasteiger partial charge >= 0.3 is 5.97 Å². The van der Waals surface area contributed by atoms with Crippen LogP contribution in [0.25, 0.3) is 0 Å². The quantitative estimate of drug-likeness (QED) is 0.862. The van der Waals surface area contributed by atoms with Crippen LogP contribution in [0.5, 0.6) is 0 Å². The van der Waals surface area contributed by atoms with E-state index in [0.29, 0.717) is 11.5 Å². The molecule has 2 rings (SSSR count). The molecule has 1 aliphatic carbocycles. The standard InChI is InChI=1S/C15H23NO2S/c1-15(2)7-3-5-11(10-15)16-12(9-14(17)18)13-6-4-8-19-13/h4,6,8,11-12,16H,3,5,7,9-10H2,1-2H3,(H,17,18). The Balaban J connectivity index is 2.01. The van der Waals surface area contributed by atoms with E-state index in [1.807, 2.05) is 17.5 Å². The molecule has 0 amide bonds. The minimum atomic E-state index is -0.735. The van der Waals surface area contributed by atoms with Crippen LogP contribution in [0.4, 0.5) is 0 Å². The number of aliphatic carboxylic acids is 1. The zero-order chi connectivity index (χ0) is 13.9. The second-order valence-corrected chi connectivity index (χ2v) is 7.27. The van der Waals surface area contributed by atoms with E-state index in [-0.39, 0.29) is 12.5 Å². The van der Waals surface area contributed by atoms with E-state index in [4.69, 9.17) is 5.11 Å². The molecule has 0 aliphatic heterocycles. The summed E-state index contributed by atoms with van der Waals surface area (Å²) < 4.78 is 0. The van der Waals surface area contributed by atoms with Crippen molar-refractivity contribution in [1.82, 2.24) is 5.32 Å². The average molecular weight is 281 g/mol. The van der Waals surface area contributed by atoms with Crippen molar-refractivity contribution in [2.24, 2.45) is 5.41 Å². The Labute approximate surface area is 119 Å². The monoisotopic (exact) mass is 281 g/mol. The predicted octanol–water partition coefficient (Wildman–Crippen LogP) is 3.82. The van der Waals surface area contributed by atoms with Gasteiger partial charge in [-0.2, -0.15) is 0 Å². The summed E-state index contributed by atoms with van der Waals surface area (Å²) in [6, 6.07) is 4.41. The Kier molecular flexibility index (Phi) is 4.63. The number of carboxylic acids is 1. The highest BCUT2D eigenvalue weighted by Crippen LogP contribution is 2.36. The highest BCUT2D eigenvalue weighted by atomic mass is 32.1. The van der Waals surface area contributed by atoms with Crippen LogP contribution in [0.1, 0.15) is 56.9 Å². The van der Waals surface area contributed by atoms with Gasteiger partial charge in [-0.15, -0.1) is 11.3 Å². The van der Waals surface area contributed by atoms with Gasteiger partial charge in [0.25, 0.3) is 0 Å². The van der Waals surface area contributed by atoms with E-state index in [1.54, 1.807) is 11.3 Å². The van der Waals surface area contributed by atoms with Crippen LogP contribution in [0.2, 0.25) is 0 Å². The summed E-state index contributed by atoms with van der Waals surface area (Å²) in [4.78, 5) is 12.2. The van der Waals surface area contributed by atoms with Crippen LogP contribution >= 0.6 is 11.3 Å². The number of rotatable bonds is 5. The van der Waals surface area contributed by atoms with Crippen LogP contribution in [0.3, 0.4) is 0 Å². The fraction of sp³-hybridized carbons (Fsp3) is 0.667. The Bertz CT molecular complexity index is 414. The third-order valence-electron chi connectivity index (χ3n) is 3.91. The number of thiophene rings is 1. The SMILES string of the molecule is CC1(C)CCCC(NC(CC(=O)O)c2cccs2)C1. The molecule has 1 heterocycles. The second-order valence-electron chi connectivity index (χ2n) is 6.29. The first-order valence-corrected chi connectivity index (χ1v) is 7.85. The molecule has 0 bridgehead atoms. The Hall–Kier alpha value is -0.870. The van der Waals surface area contributed by atoms with Crippen molar-refractivity contribution in [2.75, 3.05) is 0 Å². The maximum atomic E-state index is 11.0. The van der Waals surface area contributed by atoms with Crippen molar-refractivity contribution in [2.45, 2.75) is 58.0 Å². The van der Waals surface area contributed by atoms with Gasteiger partial charge in [0.2, 0.25) is 0 Å². The van der Waals surface area contributed by atoms with Gasteiger partial charge in [0, 0.05) is 10.9 Å². The summed E-state index contributed by atoms with van der Waals surface area (Å²) in [6.07, 6.45) is 4.96. The molecule has 4 heteroatoms. The molecule has 2 N–H and O–H groups in total. The van der Waals surface area contributed by atoms with Gasteiger partial charge < -0.3 is 10.4 Å². The summed E-state index contributed by atoms with van der Waals surface area (Å²) >= 11 is 1.64. The lowest BCUT2D eigenvalue weighted by atomic mass is 9.75. The largest absolute Gasteiger partial charge is 0.481 e. The maximum absolute atomic E-state index is 11.0. The lowest BCUT2D eigenvalue weighted by molar-refractivity contribution is -0.137. The lowest BCUT2D eigenvalue weighted by Gasteiger charge is -2.37. The molecule has 1 saturated carbocycles. The Morgan fingerprint density at radius 2 is 2.42 bits per heavy atom. The van der Waals surface area contributed by atoms with Crippen molar-refractivity contribution in [3.8, 4) is 0 Å². The molecule has 0 aromatic carbocycles. The smallest absolute Gasteiger partial charge is 0.305 e. The zero-order valence-electron chi connectivity index (χ0n) is 11.7. The molecule has 2 atom stereocenters. The van der Waals surface area contributed by atoms with Gasteiger partial charge in [-0.05, 0) is 36.1 Å². The molecular weight excluding hydrogens is 258 g/mol. The molecule has 0 saturated heterocycles. The molecule has 1 aliphatic rings. The lowest BCUT2D eigenvalue weighted by Crippen LogP contribution is -2.39.